The van der Waals surface area contributed by atoms with E-state index in [2.05, 4.69) is 30.8 Å². The van der Waals surface area contributed by atoms with Gasteiger partial charge in [0.15, 0.2) is 11.6 Å². The number of nitrogens with one attached hydrogen (secondary N) is 2. The summed E-state index contributed by atoms with van der Waals surface area (Å²) in [4.78, 5) is 21.9. The molecule has 0 unspecified atom stereocenters. The van der Waals surface area contributed by atoms with Crippen LogP contribution >= 0.6 is 0 Å². The van der Waals surface area contributed by atoms with Gasteiger partial charge in [0, 0.05) is 6.04 Å². The van der Waals surface area contributed by atoms with E-state index in [4.69, 9.17) is 11.5 Å². The van der Waals surface area contributed by atoms with Crippen LogP contribution in [0.25, 0.3) is 5.69 Å². The van der Waals surface area contributed by atoms with Crippen LogP contribution < -0.4 is 22.1 Å². The molecule has 0 aliphatic carbocycles. The molecule has 0 bridgehead atoms. The molecule has 0 saturated heterocycles. The monoisotopic (exact) mass is 529 g/mol. The van der Waals surface area contributed by atoms with Gasteiger partial charge in [-0.3, -0.25) is 9.78 Å². The van der Waals surface area contributed by atoms with Gasteiger partial charge in [0.25, 0.3) is 5.91 Å². The fourth-order valence-corrected chi connectivity index (χ4v) is 3.69. The number of primary amides is 1. The van der Waals surface area contributed by atoms with E-state index in [1.54, 1.807) is 19.9 Å². The Labute approximate surface area is 214 Å². The Balaban J connectivity index is 1.69. The Bertz CT molecular complexity index is 1440. The molecule has 0 spiro atoms. The standard InChI is InChI=1S/C24H23F4N9O/c1-12(29)20(14-3-5-15(6-4-14)24(26,27)28)35-23-18(25)10-17(21(30)38)22(36-23)34-16-9-19(13(2)31-11-16)37-32-7-8-33-37/h3-12,20H,29H2,1-2H3,(H2,30,38)(H2,34,35,36)/t12-,20-/m0/s1. The van der Waals surface area contributed by atoms with Crippen LogP contribution in [0.4, 0.5) is 34.9 Å². The van der Waals surface area contributed by atoms with Crippen molar-refractivity contribution in [3.05, 3.63) is 83.2 Å². The predicted octanol–water partition coefficient (Wildman–Crippen LogP) is 3.87. The molecule has 198 valence electrons. The van der Waals surface area contributed by atoms with E-state index >= 15 is 4.39 Å². The van der Waals surface area contributed by atoms with Crippen LogP contribution in [-0.4, -0.2) is 36.9 Å². The molecule has 1 aromatic carbocycles. The van der Waals surface area contributed by atoms with Gasteiger partial charge in [0.2, 0.25) is 0 Å². The number of rotatable bonds is 8. The molecule has 0 fully saturated rings. The van der Waals surface area contributed by atoms with Gasteiger partial charge in [0.1, 0.15) is 11.5 Å². The number of hydrogen-bond acceptors (Lipinski definition) is 8. The van der Waals surface area contributed by atoms with Crippen molar-refractivity contribution in [1.29, 1.82) is 0 Å². The lowest BCUT2D eigenvalue weighted by molar-refractivity contribution is -0.137. The van der Waals surface area contributed by atoms with E-state index in [1.165, 1.54) is 35.5 Å². The van der Waals surface area contributed by atoms with Gasteiger partial charge in [-0.2, -0.15) is 23.4 Å². The second-order valence-electron chi connectivity index (χ2n) is 8.45. The highest BCUT2D eigenvalue weighted by Gasteiger charge is 2.30. The minimum absolute atomic E-state index is 0.0812. The molecule has 10 nitrogen and oxygen atoms in total. The van der Waals surface area contributed by atoms with E-state index in [0.29, 0.717) is 22.6 Å². The highest BCUT2D eigenvalue weighted by molar-refractivity contribution is 5.98. The highest BCUT2D eigenvalue weighted by Crippen LogP contribution is 2.32. The molecule has 6 N–H and O–H groups in total. The summed E-state index contributed by atoms with van der Waals surface area (Å²) in [7, 11) is 0. The third kappa shape index (κ3) is 5.70. The molecular weight excluding hydrogens is 506 g/mol. The average Bonchev–Trinajstić information content (AvgIpc) is 3.39. The third-order valence-corrected chi connectivity index (χ3v) is 5.61. The van der Waals surface area contributed by atoms with E-state index in [0.717, 1.165) is 18.2 Å². The number of halogens is 4. The van der Waals surface area contributed by atoms with Crippen LogP contribution in [-0.2, 0) is 6.18 Å². The summed E-state index contributed by atoms with van der Waals surface area (Å²) in [6.07, 6.45) is -0.0452. The maximum atomic E-state index is 15.0. The largest absolute Gasteiger partial charge is 0.416 e. The van der Waals surface area contributed by atoms with Gasteiger partial charge in [-0.05, 0) is 43.7 Å². The Kier molecular flexibility index (Phi) is 7.26. The molecule has 38 heavy (non-hydrogen) atoms. The number of alkyl halides is 3. The molecule has 0 saturated carbocycles. The first-order chi connectivity index (χ1) is 17.9. The van der Waals surface area contributed by atoms with Gasteiger partial charge in [-0.1, -0.05) is 12.1 Å². The Morgan fingerprint density at radius 3 is 2.32 bits per heavy atom. The maximum absolute atomic E-state index is 15.0. The van der Waals surface area contributed by atoms with Crippen molar-refractivity contribution in [1.82, 2.24) is 25.0 Å². The summed E-state index contributed by atoms with van der Waals surface area (Å²) in [6.45, 7) is 3.36. The molecule has 1 amide bonds. The van der Waals surface area contributed by atoms with Crippen LogP contribution in [0.3, 0.4) is 0 Å². The van der Waals surface area contributed by atoms with Crippen molar-refractivity contribution in [3.8, 4) is 5.69 Å². The van der Waals surface area contributed by atoms with Crippen molar-refractivity contribution in [2.45, 2.75) is 32.1 Å². The van der Waals surface area contributed by atoms with Crippen LogP contribution in [0.1, 0.15) is 40.1 Å². The van der Waals surface area contributed by atoms with Crippen LogP contribution in [0.5, 0.6) is 0 Å². The van der Waals surface area contributed by atoms with Gasteiger partial charge in [0.05, 0.1) is 47.1 Å². The molecule has 0 aliphatic heterocycles. The average molecular weight is 530 g/mol. The lowest BCUT2D eigenvalue weighted by Gasteiger charge is -2.24. The summed E-state index contributed by atoms with van der Waals surface area (Å²) < 4.78 is 53.9. The summed E-state index contributed by atoms with van der Waals surface area (Å²) >= 11 is 0. The summed E-state index contributed by atoms with van der Waals surface area (Å²) in [5.74, 6) is -2.23. The molecule has 3 heterocycles. The highest BCUT2D eigenvalue weighted by atomic mass is 19.4. The first-order valence-electron chi connectivity index (χ1n) is 11.2. The van der Waals surface area contributed by atoms with Crippen LogP contribution in [0.2, 0.25) is 0 Å². The Hall–Kier alpha value is -4.59. The number of amides is 1. The molecule has 4 aromatic rings. The van der Waals surface area contributed by atoms with Gasteiger partial charge < -0.3 is 22.1 Å². The normalized spacial score (nSPS) is 13.1. The van der Waals surface area contributed by atoms with E-state index in [1.807, 2.05) is 0 Å². The van der Waals surface area contributed by atoms with Crippen molar-refractivity contribution in [2.75, 3.05) is 10.6 Å². The number of aromatic nitrogens is 5. The SMILES string of the molecule is Cc1ncc(Nc2nc(N[C@H](c3ccc(C(F)(F)F)cc3)[C@H](C)N)c(F)cc2C(N)=O)cc1-n1nccn1. The van der Waals surface area contributed by atoms with E-state index < -0.39 is 35.5 Å². The number of benzene rings is 1. The number of hydrogen-bond donors (Lipinski definition) is 4. The van der Waals surface area contributed by atoms with Crippen molar-refractivity contribution in [3.63, 3.8) is 0 Å². The lowest BCUT2D eigenvalue weighted by atomic mass is 9.99. The van der Waals surface area contributed by atoms with Crippen LogP contribution in [0, 0.1) is 12.7 Å². The number of aryl methyl sites for hydroxylation is 1. The Morgan fingerprint density at radius 1 is 1.08 bits per heavy atom. The molecule has 14 heteroatoms. The lowest BCUT2D eigenvalue weighted by Crippen LogP contribution is -2.31. The van der Waals surface area contributed by atoms with Gasteiger partial charge in [-0.25, -0.2) is 9.37 Å². The van der Waals surface area contributed by atoms with E-state index in [-0.39, 0.29) is 17.2 Å². The number of carbonyl (C=O) groups excluding carboxylic acids is 1. The van der Waals surface area contributed by atoms with Crippen molar-refractivity contribution >= 4 is 23.2 Å². The van der Waals surface area contributed by atoms with Gasteiger partial charge >= 0.3 is 6.18 Å². The second-order valence-corrected chi connectivity index (χ2v) is 8.45. The van der Waals surface area contributed by atoms with Crippen molar-refractivity contribution in [2.24, 2.45) is 11.5 Å². The van der Waals surface area contributed by atoms with E-state index in [9.17, 15) is 18.0 Å². The smallest absolute Gasteiger partial charge is 0.365 e. The zero-order valence-electron chi connectivity index (χ0n) is 20.2. The zero-order valence-corrected chi connectivity index (χ0v) is 20.2. The van der Waals surface area contributed by atoms with Crippen LogP contribution in [0.15, 0.2) is 55.0 Å². The molecule has 4 rings (SSSR count). The summed E-state index contributed by atoms with van der Waals surface area (Å²) in [5, 5.41) is 13.9. The molecule has 0 aliphatic rings. The molecule has 2 atom stereocenters. The summed E-state index contributed by atoms with van der Waals surface area (Å²) in [5.41, 5.74) is 12.4. The number of pyridine rings is 2. The first kappa shape index (κ1) is 26.5. The number of nitrogens with zero attached hydrogens (tertiary/aromatic N) is 5. The van der Waals surface area contributed by atoms with Crippen molar-refractivity contribution < 1.29 is 22.4 Å². The predicted molar refractivity (Wildman–Crippen MR) is 131 cm³/mol. The fraction of sp³-hybridized carbons (Fsp3) is 0.208. The minimum atomic E-state index is -4.51. The minimum Gasteiger partial charge on any atom is -0.365 e. The molecule has 3 aromatic heterocycles. The number of anilines is 3. The quantitative estimate of drug-likeness (QED) is 0.251. The number of carbonyl (C=O) groups is 1. The second kappa shape index (κ2) is 10.4. The number of nitrogens with two attached hydrogens (primary N) is 2. The topological polar surface area (TPSA) is 150 Å². The Morgan fingerprint density at radius 2 is 1.74 bits per heavy atom. The summed E-state index contributed by atoms with van der Waals surface area (Å²) in [6, 6.07) is 5.41. The first-order valence-corrected chi connectivity index (χ1v) is 11.2. The third-order valence-electron chi connectivity index (χ3n) is 5.61. The molecular formula is C24H23F4N9O. The maximum Gasteiger partial charge on any atom is 0.416 e. The van der Waals surface area contributed by atoms with Gasteiger partial charge in [-0.15, -0.1) is 4.80 Å². The fourth-order valence-electron chi connectivity index (χ4n) is 3.69. The molecule has 0 radical (unpaired) electrons. The zero-order chi connectivity index (χ0) is 27.6.